The molecule has 1 saturated carbocycles. The SMILES string of the molecule is CN(C(=O)OC(C)(C)C)c1cc(Cl)nc2c(C(=O)CC3CC(F)(F)C3)cnn12. The molecule has 2 heterocycles. The van der Waals surface area contributed by atoms with Gasteiger partial charge in [0.15, 0.2) is 11.4 Å². The normalized spacial score (nSPS) is 16.7. The molecule has 28 heavy (non-hydrogen) atoms. The van der Waals surface area contributed by atoms with E-state index in [1.807, 2.05) is 0 Å². The number of anilines is 1. The Morgan fingerprint density at radius 2 is 2.04 bits per heavy atom. The second-order valence-corrected chi connectivity index (χ2v) is 8.41. The van der Waals surface area contributed by atoms with Gasteiger partial charge >= 0.3 is 6.09 Å². The zero-order chi connectivity index (χ0) is 20.9. The maximum absolute atomic E-state index is 13.0. The molecule has 0 aliphatic heterocycles. The maximum Gasteiger partial charge on any atom is 0.415 e. The van der Waals surface area contributed by atoms with Gasteiger partial charge in [0, 0.05) is 32.4 Å². The molecular weight excluding hydrogens is 394 g/mol. The number of fused-ring (bicyclic) bond motifs is 1. The van der Waals surface area contributed by atoms with Crippen molar-refractivity contribution in [1.29, 1.82) is 0 Å². The third kappa shape index (κ3) is 4.24. The lowest BCUT2D eigenvalue weighted by molar-refractivity contribution is -0.109. The predicted octanol–water partition coefficient (Wildman–Crippen LogP) is 4.37. The summed E-state index contributed by atoms with van der Waals surface area (Å²) >= 11 is 6.08. The molecule has 2 aromatic heterocycles. The van der Waals surface area contributed by atoms with Crippen LogP contribution in [0.1, 0.15) is 50.4 Å². The lowest BCUT2D eigenvalue weighted by atomic mass is 9.78. The first-order valence-corrected chi connectivity index (χ1v) is 9.16. The van der Waals surface area contributed by atoms with Crippen LogP contribution in [0, 0.1) is 5.92 Å². The van der Waals surface area contributed by atoms with E-state index in [1.54, 1.807) is 20.8 Å². The molecule has 10 heteroatoms. The Morgan fingerprint density at radius 1 is 1.39 bits per heavy atom. The summed E-state index contributed by atoms with van der Waals surface area (Å²) in [6.45, 7) is 5.22. The highest BCUT2D eigenvalue weighted by molar-refractivity contribution is 6.30. The van der Waals surface area contributed by atoms with E-state index in [0.29, 0.717) is 0 Å². The number of hydrogen-bond donors (Lipinski definition) is 0. The number of carbonyl (C=O) groups is 2. The van der Waals surface area contributed by atoms with Crippen LogP contribution in [0.4, 0.5) is 19.4 Å². The quantitative estimate of drug-likeness (QED) is 0.548. The van der Waals surface area contributed by atoms with E-state index in [-0.39, 0.29) is 53.1 Å². The molecule has 1 aliphatic carbocycles. The van der Waals surface area contributed by atoms with Crippen LogP contribution in [0.25, 0.3) is 5.65 Å². The Bertz CT molecular complexity index is 931. The molecule has 1 amide bonds. The van der Waals surface area contributed by atoms with Crippen LogP contribution in [-0.4, -0.2) is 45.0 Å². The summed E-state index contributed by atoms with van der Waals surface area (Å²) in [5.41, 5.74) is -0.359. The number of nitrogens with zero attached hydrogens (tertiary/aromatic N) is 4. The second-order valence-electron chi connectivity index (χ2n) is 8.03. The molecular formula is C18H21ClF2N4O3. The Kier molecular flexibility index (Phi) is 5.07. The van der Waals surface area contributed by atoms with Crippen LogP contribution >= 0.6 is 11.6 Å². The van der Waals surface area contributed by atoms with Crippen LogP contribution < -0.4 is 4.90 Å². The Balaban J connectivity index is 1.88. The van der Waals surface area contributed by atoms with Crippen molar-refractivity contribution >= 4 is 34.9 Å². The number of ketones is 1. The Morgan fingerprint density at radius 3 is 2.61 bits per heavy atom. The van der Waals surface area contributed by atoms with Crippen molar-refractivity contribution in [2.75, 3.05) is 11.9 Å². The van der Waals surface area contributed by atoms with Crippen molar-refractivity contribution < 1.29 is 23.1 Å². The van der Waals surface area contributed by atoms with Gasteiger partial charge in [-0.15, -0.1) is 0 Å². The number of hydrogen-bond acceptors (Lipinski definition) is 5. The summed E-state index contributed by atoms with van der Waals surface area (Å²) < 4.78 is 32.7. The Labute approximate surface area is 165 Å². The summed E-state index contributed by atoms with van der Waals surface area (Å²) in [5, 5.41) is 4.20. The van der Waals surface area contributed by atoms with Gasteiger partial charge in [0.1, 0.15) is 16.6 Å². The number of Topliss-reactive ketones (excluding diaryl/α,β-unsaturated/α-hetero) is 1. The van der Waals surface area contributed by atoms with Gasteiger partial charge < -0.3 is 4.74 Å². The zero-order valence-corrected chi connectivity index (χ0v) is 16.8. The van der Waals surface area contributed by atoms with Crippen molar-refractivity contribution in [2.24, 2.45) is 5.92 Å². The third-order valence-electron chi connectivity index (χ3n) is 4.38. The molecule has 152 valence electrons. The molecule has 0 radical (unpaired) electrons. The molecule has 0 N–H and O–H groups in total. The van der Waals surface area contributed by atoms with E-state index in [2.05, 4.69) is 10.1 Å². The second kappa shape index (κ2) is 6.95. The van der Waals surface area contributed by atoms with E-state index in [9.17, 15) is 18.4 Å². The topological polar surface area (TPSA) is 76.8 Å². The number of rotatable bonds is 4. The van der Waals surface area contributed by atoms with E-state index in [4.69, 9.17) is 16.3 Å². The van der Waals surface area contributed by atoms with Crippen LogP contribution in [-0.2, 0) is 4.74 Å². The minimum absolute atomic E-state index is 0.0115. The number of alkyl halides is 2. The van der Waals surface area contributed by atoms with Gasteiger partial charge in [0.2, 0.25) is 5.92 Å². The van der Waals surface area contributed by atoms with Crippen LogP contribution in [0.3, 0.4) is 0 Å². The van der Waals surface area contributed by atoms with Gasteiger partial charge in [-0.3, -0.25) is 9.69 Å². The first-order valence-electron chi connectivity index (χ1n) is 8.78. The molecule has 0 bridgehead atoms. The molecule has 0 spiro atoms. The van der Waals surface area contributed by atoms with Crippen molar-refractivity contribution in [3.8, 4) is 0 Å². The van der Waals surface area contributed by atoms with E-state index < -0.39 is 17.6 Å². The molecule has 3 rings (SSSR count). The van der Waals surface area contributed by atoms with Crippen LogP contribution in [0.15, 0.2) is 12.3 Å². The van der Waals surface area contributed by atoms with E-state index in [0.717, 1.165) is 0 Å². The van der Waals surface area contributed by atoms with E-state index in [1.165, 1.54) is 28.7 Å². The summed E-state index contributed by atoms with van der Waals surface area (Å²) in [4.78, 5) is 30.3. The van der Waals surface area contributed by atoms with Gasteiger partial charge in [-0.2, -0.15) is 9.61 Å². The fourth-order valence-corrected chi connectivity index (χ4v) is 3.26. The monoisotopic (exact) mass is 414 g/mol. The van der Waals surface area contributed by atoms with Gasteiger partial charge in [0.25, 0.3) is 0 Å². The number of ether oxygens (including phenoxy) is 1. The summed E-state index contributed by atoms with van der Waals surface area (Å²) in [6, 6.07) is 1.42. The molecule has 7 nitrogen and oxygen atoms in total. The van der Waals surface area contributed by atoms with Gasteiger partial charge in [0.05, 0.1) is 11.8 Å². The van der Waals surface area contributed by atoms with Crippen LogP contribution in [0.5, 0.6) is 0 Å². The van der Waals surface area contributed by atoms with Gasteiger partial charge in [-0.05, 0) is 26.7 Å². The molecule has 1 aliphatic rings. The summed E-state index contributed by atoms with van der Waals surface area (Å²) in [5.74, 6) is -3.12. The number of carbonyl (C=O) groups excluding carboxylic acids is 2. The first kappa shape index (κ1) is 20.4. The summed E-state index contributed by atoms with van der Waals surface area (Å²) in [6.07, 6.45) is 0.0839. The average molecular weight is 415 g/mol. The van der Waals surface area contributed by atoms with Gasteiger partial charge in [-0.25, -0.2) is 18.6 Å². The largest absolute Gasteiger partial charge is 0.443 e. The maximum atomic E-state index is 13.0. The molecule has 2 aromatic rings. The average Bonchev–Trinajstić information content (AvgIpc) is 2.93. The standard InChI is InChI=1S/C18H21ClF2N4O3/c1-17(2,3)28-16(27)24(4)14-6-13(19)23-15-11(9-22-25(14)15)12(26)5-10-7-18(20,21)8-10/h6,9-10H,5,7-8H2,1-4H3. The van der Waals surface area contributed by atoms with Crippen molar-refractivity contribution in [3.63, 3.8) is 0 Å². The van der Waals surface area contributed by atoms with Crippen molar-refractivity contribution in [1.82, 2.24) is 14.6 Å². The van der Waals surface area contributed by atoms with Crippen molar-refractivity contribution in [3.05, 3.63) is 23.0 Å². The molecule has 1 fully saturated rings. The molecule has 0 atom stereocenters. The number of aromatic nitrogens is 3. The fourth-order valence-electron chi connectivity index (χ4n) is 3.08. The first-order chi connectivity index (χ1) is 12.9. The summed E-state index contributed by atoms with van der Waals surface area (Å²) in [7, 11) is 1.48. The predicted molar refractivity (Wildman–Crippen MR) is 99.3 cm³/mol. The molecule has 0 aromatic carbocycles. The van der Waals surface area contributed by atoms with Crippen molar-refractivity contribution in [2.45, 2.75) is 51.6 Å². The van der Waals surface area contributed by atoms with E-state index >= 15 is 0 Å². The smallest absolute Gasteiger partial charge is 0.415 e. The fraction of sp³-hybridized carbons (Fsp3) is 0.556. The highest BCUT2D eigenvalue weighted by Gasteiger charge is 2.46. The zero-order valence-electron chi connectivity index (χ0n) is 16.0. The molecule has 0 saturated heterocycles. The minimum Gasteiger partial charge on any atom is -0.443 e. The van der Waals surface area contributed by atoms with Gasteiger partial charge in [-0.1, -0.05) is 11.6 Å². The van der Waals surface area contributed by atoms with Crippen LogP contribution in [0.2, 0.25) is 5.15 Å². The Hall–Kier alpha value is -2.29. The number of amides is 1. The lowest BCUT2D eigenvalue weighted by Gasteiger charge is -2.34. The highest BCUT2D eigenvalue weighted by Crippen LogP contribution is 2.44. The third-order valence-corrected chi connectivity index (χ3v) is 4.58. The minimum atomic E-state index is -2.68. The molecule has 0 unspecified atom stereocenters. The highest BCUT2D eigenvalue weighted by atomic mass is 35.5. The lowest BCUT2D eigenvalue weighted by Crippen LogP contribution is -2.36. The number of halogens is 3.